The van der Waals surface area contributed by atoms with Crippen LogP contribution in [0.1, 0.15) is 23.2 Å². The first-order chi connectivity index (χ1) is 13.9. The van der Waals surface area contributed by atoms with Gasteiger partial charge < -0.3 is 19.9 Å². The van der Waals surface area contributed by atoms with Gasteiger partial charge in [-0.1, -0.05) is 23.2 Å². The van der Waals surface area contributed by atoms with Gasteiger partial charge >= 0.3 is 6.09 Å². The number of nitrogens with zero attached hydrogens (tertiary/aromatic N) is 2. The van der Waals surface area contributed by atoms with Crippen LogP contribution in [0.4, 0.5) is 4.79 Å². The van der Waals surface area contributed by atoms with Gasteiger partial charge in [-0.2, -0.15) is 11.8 Å². The molecule has 29 heavy (non-hydrogen) atoms. The maximum absolute atomic E-state index is 13.1. The first-order valence-corrected chi connectivity index (χ1v) is 11.4. The Balaban J connectivity index is 2.09. The standard InChI is InChI=1S/C19H25Cl2N3O4S/c1-28-19(27)24-8-3-7-23(9-10-24)18(26)16(6-11-29-2)22-17(25)14-5-4-13(20)12-15(14)21/h4-5,12,16H,3,6-11H2,1-2H3,(H,22,25). The second-order valence-electron chi connectivity index (χ2n) is 6.57. The van der Waals surface area contributed by atoms with Gasteiger partial charge in [-0.15, -0.1) is 0 Å². The molecule has 3 amide bonds. The van der Waals surface area contributed by atoms with Crippen molar-refractivity contribution in [3.8, 4) is 0 Å². The Labute approximate surface area is 185 Å². The summed E-state index contributed by atoms with van der Waals surface area (Å²) in [4.78, 5) is 40.8. The van der Waals surface area contributed by atoms with Gasteiger partial charge in [-0.05, 0) is 43.0 Å². The van der Waals surface area contributed by atoms with E-state index >= 15 is 0 Å². The number of ether oxygens (including phenoxy) is 1. The Morgan fingerprint density at radius 3 is 2.52 bits per heavy atom. The van der Waals surface area contributed by atoms with E-state index in [9.17, 15) is 14.4 Å². The minimum Gasteiger partial charge on any atom is -0.453 e. The first-order valence-electron chi connectivity index (χ1n) is 9.24. The average molecular weight is 462 g/mol. The molecule has 0 bridgehead atoms. The van der Waals surface area contributed by atoms with Crippen molar-refractivity contribution < 1.29 is 19.1 Å². The summed E-state index contributed by atoms with van der Waals surface area (Å²) in [6.07, 6.45) is 2.68. The lowest BCUT2D eigenvalue weighted by atomic mass is 10.1. The van der Waals surface area contributed by atoms with Crippen molar-refractivity contribution in [2.75, 3.05) is 45.3 Å². The number of carbonyl (C=O) groups is 3. The average Bonchev–Trinajstić information content (AvgIpc) is 2.96. The highest BCUT2D eigenvalue weighted by Gasteiger charge is 2.29. The quantitative estimate of drug-likeness (QED) is 0.703. The molecular formula is C19H25Cl2N3O4S. The summed E-state index contributed by atoms with van der Waals surface area (Å²) in [5.41, 5.74) is 0.269. The molecule has 0 radical (unpaired) electrons. The van der Waals surface area contributed by atoms with Gasteiger partial charge in [0.1, 0.15) is 6.04 Å². The fourth-order valence-corrected chi connectivity index (χ4v) is 4.04. The summed E-state index contributed by atoms with van der Waals surface area (Å²) in [5.74, 6) is 0.133. The lowest BCUT2D eigenvalue weighted by Gasteiger charge is -2.27. The molecule has 160 valence electrons. The molecule has 1 aliphatic rings. The molecule has 0 aliphatic carbocycles. The molecule has 1 aromatic carbocycles. The highest BCUT2D eigenvalue weighted by Crippen LogP contribution is 2.21. The van der Waals surface area contributed by atoms with Crippen LogP contribution in [0.5, 0.6) is 0 Å². The van der Waals surface area contributed by atoms with E-state index in [1.807, 2.05) is 6.26 Å². The van der Waals surface area contributed by atoms with Gasteiger partial charge in [0.05, 0.1) is 17.7 Å². The monoisotopic (exact) mass is 461 g/mol. The van der Waals surface area contributed by atoms with Crippen LogP contribution in [-0.4, -0.2) is 79.0 Å². The molecule has 1 fully saturated rings. The van der Waals surface area contributed by atoms with Crippen LogP contribution in [0.15, 0.2) is 18.2 Å². The molecule has 1 atom stereocenters. The summed E-state index contributed by atoms with van der Waals surface area (Å²) in [6.45, 7) is 1.82. The lowest BCUT2D eigenvalue weighted by molar-refractivity contribution is -0.133. The zero-order chi connectivity index (χ0) is 21.4. The summed E-state index contributed by atoms with van der Waals surface area (Å²) < 4.78 is 4.76. The predicted octanol–water partition coefficient (Wildman–Crippen LogP) is 3.15. The summed E-state index contributed by atoms with van der Waals surface area (Å²) in [5, 5.41) is 3.48. The highest BCUT2D eigenvalue weighted by atomic mass is 35.5. The largest absolute Gasteiger partial charge is 0.453 e. The van der Waals surface area contributed by atoms with Crippen LogP contribution < -0.4 is 5.32 Å². The molecular weight excluding hydrogens is 437 g/mol. The fraction of sp³-hybridized carbons (Fsp3) is 0.526. The van der Waals surface area contributed by atoms with Crippen LogP contribution in [0.2, 0.25) is 10.0 Å². The van der Waals surface area contributed by atoms with Crippen molar-refractivity contribution in [3.05, 3.63) is 33.8 Å². The number of carbonyl (C=O) groups excluding carboxylic acids is 3. The molecule has 0 aromatic heterocycles. The molecule has 1 aromatic rings. The van der Waals surface area contributed by atoms with E-state index < -0.39 is 18.0 Å². The second kappa shape index (κ2) is 11.5. The van der Waals surface area contributed by atoms with Crippen LogP contribution in [-0.2, 0) is 9.53 Å². The molecule has 2 rings (SSSR count). The molecule has 1 unspecified atom stereocenters. The lowest BCUT2D eigenvalue weighted by Crippen LogP contribution is -2.50. The number of nitrogens with one attached hydrogen (secondary N) is 1. The minimum atomic E-state index is -0.675. The number of methoxy groups -OCH3 is 1. The SMILES string of the molecule is COC(=O)N1CCCN(C(=O)C(CCSC)NC(=O)c2ccc(Cl)cc2Cl)CC1. The third-order valence-corrected chi connectivity index (χ3v) is 5.82. The third-order valence-electron chi connectivity index (χ3n) is 4.63. The van der Waals surface area contributed by atoms with E-state index in [1.165, 1.54) is 19.2 Å². The van der Waals surface area contributed by atoms with E-state index in [0.29, 0.717) is 49.8 Å². The number of benzene rings is 1. The van der Waals surface area contributed by atoms with Gasteiger partial charge in [0.15, 0.2) is 0 Å². The van der Waals surface area contributed by atoms with Crippen molar-refractivity contribution in [1.82, 2.24) is 15.1 Å². The second-order valence-corrected chi connectivity index (χ2v) is 8.40. The van der Waals surface area contributed by atoms with Crippen molar-refractivity contribution >= 4 is 52.9 Å². The van der Waals surface area contributed by atoms with Crippen molar-refractivity contribution in [1.29, 1.82) is 0 Å². The smallest absolute Gasteiger partial charge is 0.409 e. The van der Waals surface area contributed by atoms with Crippen LogP contribution in [0.3, 0.4) is 0 Å². The molecule has 1 aliphatic heterocycles. The van der Waals surface area contributed by atoms with Crippen molar-refractivity contribution in [2.45, 2.75) is 18.9 Å². The van der Waals surface area contributed by atoms with Crippen LogP contribution >= 0.6 is 35.0 Å². The number of hydrogen-bond acceptors (Lipinski definition) is 5. The molecule has 10 heteroatoms. The van der Waals surface area contributed by atoms with E-state index in [0.717, 1.165) is 0 Å². The Morgan fingerprint density at radius 2 is 1.86 bits per heavy atom. The van der Waals surface area contributed by atoms with E-state index in [-0.39, 0.29) is 16.5 Å². The van der Waals surface area contributed by atoms with Gasteiger partial charge in [0, 0.05) is 31.2 Å². The highest BCUT2D eigenvalue weighted by molar-refractivity contribution is 7.98. The van der Waals surface area contributed by atoms with E-state index in [1.54, 1.807) is 27.6 Å². The zero-order valence-corrected chi connectivity index (χ0v) is 18.8. The Bertz CT molecular complexity index is 750. The fourth-order valence-electron chi connectivity index (χ4n) is 3.07. The normalized spacial score (nSPS) is 15.4. The zero-order valence-electron chi connectivity index (χ0n) is 16.5. The summed E-state index contributed by atoms with van der Waals surface area (Å²) >= 11 is 13.6. The third kappa shape index (κ3) is 6.69. The maximum Gasteiger partial charge on any atom is 0.409 e. The van der Waals surface area contributed by atoms with Gasteiger partial charge in [-0.3, -0.25) is 9.59 Å². The van der Waals surface area contributed by atoms with Crippen molar-refractivity contribution in [3.63, 3.8) is 0 Å². The van der Waals surface area contributed by atoms with E-state index in [4.69, 9.17) is 27.9 Å². The number of hydrogen-bond donors (Lipinski definition) is 1. The van der Waals surface area contributed by atoms with E-state index in [2.05, 4.69) is 5.32 Å². The van der Waals surface area contributed by atoms with Crippen LogP contribution in [0.25, 0.3) is 0 Å². The topological polar surface area (TPSA) is 79.0 Å². The number of halogens is 2. The summed E-state index contributed by atoms with van der Waals surface area (Å²) in [7, 11) is 1.34. The maximum atomic E-state index is 13.1. The van der Waals surface area contributed by atoms with Crippen molar-refractivity contribution in [2.24, 2.45) is 0 Å². The molecule has 0 saturated carbocycles. The number of amides is 3. The predicted molar refractivity (Wildman–Crippen MR) is 116 cm³/mol. The summed E-state index contributed by atoms with van der Waals surface area (Å²) in [6, 6.07) is 3.94. The Kier molecular flexibility index (Phi) is 9.39. The Hall–Kier alpha value is -1.64. The number of thioether (sulfide) groups is 1. The minimum absolute atomic E-state index is 0.163. The molecule has 7 nitrogen and oxygen atoms in total. The van der Waals surface area contributed by atoms with Crippen LogP contribution in [0, 0.1) is 0 Å². The van der Waals surface area contributed by atoms with Gasteiger partial charge in [0.2, 0.25) is 5.91 Å². The molecule has 1 heterocycles. The number of rotatable bonds is 6. The first kappa shape index (κ1) is 23.6. The molecule has 1 saturated heterocycles. The van der Waals surface area contributed by atoms with Gasteiger partial charge in [0.25, 0.3) is 5.91 Å². The molecule has 0 spiro atoms. The Morgan fingerprint density at radius 1 is 1.17 bits per heavy atom. The van der Waals surface area contributed by atoms with Gasteiger partial charge in [-0.25, -0.2) is 4.79 Å². The molecule has 1 N–H and O–H groups in total.